The summed E-state index contributed by atoms with van der Waals surface area (Å²) in [6.07, 6.45) is 1.66. The molecule has 0 radical (unpaired) electrons. The highest BCUT2D eigenvalue weighted by Crippen LogP contribution is 2.22. The first-order valence-electron chi connectivity index (χ1n) is 7.74. The Hall–Kier alpha value is -3.32. The number of hydrogen-bond donors (Lipinski definition) is 2. The van der Waals surface area contributed by atoms with Crippen molar-refractivity contribution >= 4 is 17.3 Å². The largest absolute Gasteiger partial charge is 0.324 e. The highest BCUT2D eigenvalue weighted by atomic mass is 16.6. The van der Waals surface area contributed by atoms with Crippen molar-refractivity contribution in [1.82, 2.24) is 15.3 Å². The summed E-state index contributed by atoms with van der Waals surface area (Å²) in [6.45, 7) is 0.776. The second kappa shape index (κ2) is 7.50. The zero-order chi connectivity index (χ0) is 17.6. The molecule has 1 heterocycles. The van der Waals surface area contributed by atoms with E-state index in [1.54, 1.807) is 18.3 Å². The van der Waals surface area contributed by atoms with Gasteiger partial charge in [-0.1, -0.05) is 24.3 Å². The number of nitrogens with zero attached hydrogens (tertiary/aromatic N) is 3. The number of anilines is 2. The first-order chi connectivity index (χ1) is 12.2. The van der Waals surface area contributed by atoms with Gasteiger partial charge in [0, 0.05) is 36.1 Å². The van der Waals surface area contributed by atoms with Gasteiger partial charge in [-0.2, -0.15) is 0 Å². The summed E-state index contributed by atoms with van der Waals surface area (Å²) in [4.78, 5) is 19.1. The summed E-state index contributed by atoms with van der Waals surface area (Å²) >= 11 is 0. The molecule has 0 aliphatic carbocycles. The van der Waals surface area contributed by atoms with Gasteiger partial charge >= 0.3 is 0 Å². The fourth-order valence-corrected chi connectivity index (χ4v) is 2.45. The molecule has 3 aromatic rings. The molecule has 2 N–H and O–H groups in total. The highest BCUT2D eigenvalue weighted by Gasteiger charge is 2.08. The minimum absolute atomic E-state index is 0.0147. The monoisotopic (exact) mass is 335 g/mol. The molecule has 1 aromatic heterocycles. The summed E-state index contributed by atoms with van der Waals surface area (Å²) in [7, 11) is 1.90. The number of nitro benzene ring substituents is 1. The van der Waals surface area contributed by atoms with Crippen molar-refractivity contribution < 1.29 is 4.92 Å². The smallest absolute Gasteiger partial charge is 0.271 e. The van der Waals surface area contributed by atoms with Crippen LogP contribution in [0.2, 0.25) is 0 Å². The minimum atomic E-state index is -0.435. The molecule has 2 aromatic carbocycles. The predicted octanol–water partition coefficient (Wildman–Crippen LogP) is 3.51. The molecule has 126 valence electrons. The number of nitrogens with one attached hydrogen (secondary N) is 2. The standard InChI is InChI=1S/C18H17N5O2/c1-19-12-13-4-2-5-14(10-13)17-8-9-20-18(22-17)21-15-6-3-7-16(11-15)23(24)25/h2-11,19H,12H2,1H3,(H,20,21,22). The van der Waals surface area contributed by atoms with Crippen LogP contribution in [0.15, 0.2) is 60.8 Å². The van der Waals surface area contributed by atoms with Crippen LogP contribution >= 0.6 is 0 Å². The van der Waals surface area contributed by atoms with E-state index in [9.17, 15) is 10.1 Å². The van der Waals surface area contributed by atoms with Crippen LogP contribution < -0.4 is 10.6 Å². The summed E-state index contributed by atoms with van der Waals surface area (Å²) in [5, 5.41) is 17.0. The lowest BCUT2D eigenvalue weighted by molar-refractivity contribution is -0.384. The van der Waals surface area contributed by atoms with Crippen molar-refractivity contribution in [3.05, 3.63) is 76.5 Å². The Kier molecular flexibility index (Phi) is 4.96. The molecule has 0 unspecified atom stereocenters. The van der Waals surface area contributed by atoms with E-state index in [1.807, 2.05) is 31.3 Å². The van der Waals surface area contributed by atoms with Crippen LogP contribution in [0.4, 0.5) is 17.3 Å². The number of benzene rings is 2. The van der Waals surface area contributed by atoms with E-state index in [0.717, 1.165) is 23.4 Å². The molecule has 0 aliphatic heterocycles. The molecule has 0 atom stereocenters. The van der Waals surface area contributed by atoms with E-state index in [1.165, 1.54) is 12.1 Å². The molecule has 0 saturated heterocycles. The average Bonchev–Trinajstić information content (AvgIpc) is 2.63. The number of aromatic nitrogens is 2. The third-order valence-electron chi connectivity index (χ3n) is 3.57. The van der Waals surface area contributed by atoms with Crippen LogP contribution in [-0.2, 0) is 6.54 Å². The molecule has 7 nitrogen and oxygen atoms in total. The van der Waals surface area contributed by atoms with Crippen molar-refractivity contribution in [2.24, 2.45) is 0 Å². The van der Waals surface area contributed by atoms with Gasteiger partial charge < -0.3 is 10.6 Å². The van der Waals surface area contributed by atoms with E-state index in [4.69, 9.17) is 0 Å². The zero-order valence-electron chi connectivity index (χ0n) is 13.6. The quantitative estimate of drug-likeness (QED) is 0.529. The summed E-state index contributed by atoms with van der Waals surface area (Å²) in [6, 6.07) is 16.1. The Morgan fingerprint density at radius 2 is 1.96 bits per heavy atom. The van der Waals surface area contributed by atoms with Gasteiger partial charge in [-0.05, 0) is 30.8 Å². The first-order valence-corrected chi connectivity index (χ1v) is 7.74. The second-order valence-corrected chi connectivity index (χ2v) is 5.43. The minimum Gasteiger partial charge on any atom is -0.324 e. The lowest BCUT2D eigenvalue weighted by atomic mass is 10.1. The molecule has 0 fully saturated rings. The first kappa shape index (κ1) is 16.5. The van der Waals surface area contributed by atoms with Gasteiger partial charge in [0.1, 0.15) is 0 Å². The molecule has 0 saturated carbocycles. The van der Waals surface area contributed by atoms with Gasteiger partial charge in [-0.15, -0.1) is 0 Å². The van der Waals surface area contributed by atoms with Crippen LogP contribution in [0, 0.1) is 10.1 Å². The number of non-ortho nitro benzene ring substituents is 1. The third-order valence-corrected chi connectivity index (χ3v) is 3.57. The van der Waals surface area contributed by atoms with Crippen LogP contribution in [0.5, 0.6) is 0 Å². The predicted molar refractivity (Wildman–Crippen MR) is 96.6 cm³/mol. The highest BCUT2D eigenvalue weighted by molar-refractivity contribution is 5.63. The van der Waals surface area contributed by atoms with Gasteiger partial charge in [0.05, 0.1) is 10.6 Å². The Balaban J connectivity index is 1.85. The van der Waals surface area contributed by atoms with E-state index < -0.39 is 4.92 Å². The molecule has 0 amide bonds. The fourth-order valence-electron chi connectivity index (χ4n) is 2.45. The van der Waals surface area contributed by atoms with Crippen molar-refractivity contribution in [2.75, 3.05) is 12.4 Å². The lowest BCUT2D eigenvalue weighted by Crippen LogP contribution is -2.05. The summed E-state index contributed by atoms with van der Waals surface area (Å²) in [5.41, 5.74) is 3.50. The molecular formula is C18H17N5O2. The van der Waals surface area contributed by atoms with Crippen molar-refractivity contribution in [3.8, 4) is 11.3 Å². The topological polar surface area (TPSA) is 93.0 Å². The molecular weight excluding hydrogens is 318 g/mol. The van der Waals surface area contributed by atoms with Gasteiger partial charge in [-0.25, -0.2) is 9.97 Å². The Morgan fingerprint density at radius 3 is 2.76 bits per heavy atom. The van der Waals surface area contributed by atoms with Gasteiger partial charge in [-0.3, -0.25) is 10.1 Å². The fraction of sp³-hybridized carbons (Fsp3) is 0.111. The normalized spacial score (nSPS) is 10.4. The van der Waals surface area contributed by atoms with Crippen molar-refractivity contribution in [2.45, 2.75) is 6.54 Å². The van der Waals surface area contributed by atoms with Crippen LogP contribution in [0.25, 0.3) is 11.3 Å². The van der Waals surface area contributed by atoms with E-state index >= 15 is 0 Å². The van der Waals surface area contributed by atoms with Crippen LogP contribution in [-0.4, -0.2) is 21.9 Å². The second-order valence-electron chi connectivity index (χ2n) is 5.43. The number of rotatable bonds is 6. The lowest BCUT2D eigenvalue weighted by Gasteiger charge is -2.08. The van der Waals surface area contributed by atoms with Crippen molar-refractivity contribution in [3.63, 3.8) is 0 Å². The van der Waals surface area contributed by atoms with E-state index in [-0.39, 0.29) is 5.69 Å². The molecule has 0 spiro atoms. The maximum atomic E-state index is 10.9. The summed E-state index contributed by atoms with van der Waals surface area (Å²) < 4.78 is 0. The van der Waals surface area contributed by atoms with E-state index in [0.29, 0.717) is 11.6 Å². The van der Waals surface area contributed by atoms with Gasteiger partial charge in [0.15, 0.2) is 0 Å². The zero-order valence-corrected chi connectivity index (χ0v) is 13.6. The molecule has 0 aliphatic rings. The maximum Gasteiger partial charge on any atom is 0.271 e. The average molecular weight is 335 g/mol. The van der Waals surface area contributed by atoms with Gasteiger partial charge in [0.25, 0.3) is 5.69 Å². The summed E-state index contributed by atoms with van der Waals surface area (Å²) in [5.74, 6) is 0.386. The Morgan fingerprint density at radius 1 is 1.12 bits per heavy atom. The van der Waals surface area contributed by atoms with Gasteiger partial charge in [0.2, 0.25) is 5.95 Å². The SMILES string of the molecule is CNCc1cccc(-c2ccnc(Nc3cccc([N+](=O)[O-])c3)n2)c1. The van der Waals surface area contributed by atoms with Crippen LogP contribution in [0.1, 0.15) is 5.56 Å². The molecule has 25 heavy (non-hydrogen) atoms. The third kappa shape index (κ3) is 4.15. The van der Waals surface area contributed by atoms with Crippen molar-refractivity contribution in [1.29, 1.82) is 0 Å². The maximum absolute atomic E-state index is 10.9. The number of hydrogen-bond acceptors (Lipinski definition) is 6. The molecule has 7 heteroatoms. The number of nitro groups is 1. The molecule has 0 bridgehead atoms. The Bertz CT molecular complexity index is 898. The Labute approximate surface area is 144 Å². The van der Waals surface area contributed by atoms with Crippen LogP contribution in [0.3, 0.4) is 0 Å². The van der Waals surface area contributed by atoms with E-state index in [2.05, 4.69) is 26.7 Å². The molecule has 3 rings (SSSR count).